The molecule has 5 rings (SSSR count). The summed E-state index contributed by atoms with van der Waals surface area (Å²) >= 11 is 0. The number of aryl methyl sites for hydroxylation is 1. The van der Waals surface area contributed by atoms with E-state index in [1.807, 2.05) is 23.3 Å². The molecular weight excluding hydrogens is 362 g/mol. The lowest BCUT2D eigenvalue weighted by atomic mass is 9.89. The van der Waals surface area contributed by atoms with Gasteiger partial charge in [0.25, 0.3) is 0 Å². The third-order valence-electron chi connectivity index (χ3n) is 6.50. The molecule has 1 saturated carbocycles. The minimum Gasteiger partial charge on any atom is -0.341 e. The molecule has 0 bridgehead atoms. The van der Waals surface area contributed by atoms with Crippen molar-refractivity contribution in [3.05, 3.63) is 60.4 Å². The van der Waals surface area contributed by atoms with Gasteiger partial charge in [0.2, 0.25) is 5.91 Å². The predicted molar refractivity (Wildman–Crippen MR) is 111 cm³/mol. The molecule has 0 spiro atoms. The fourth-order valence-electron chi connectivity index (χ4n) is 4.62. The average Bonchev–Trinajstić information content (AvgIpc) is 3.13. The lowest BCUT2D eigenvalue weighted by Gasteiger charge is -2.35. The van der Waals surface area contributed by atoms with Crippen molar-refractivity contribution >= 4 is 5.91 Å². The summed E-state index contributed by atoms with van der Waals surface area (Å²) in [6.07, 6.45) is 11.5. The summed E-state index contributed by atoms with van der Waals surface area (Å²) in [5, 5.41) is 7.58. The number of H-pyrrole nitrogens is 1. The zero-order chi connectivity index (χ0) is 19.8. The topological polar surface area (TPSA) is 66.8 Å². The molecule has 1 aliphatic heterocycles. The van der Waals surface area contributed by atoms with Gasteiger partial charge in [0.15, 0.2) is 0 Å². The van der Waals surface area contributed by atoms with E-state index in [2.05, 4.69) is 51.3 Å². The molecule has 2 fully saturated rings. The third-order valence-corrected chi connectivity index (χ3v) is 6.50. The fourth-order valence-corrected chi connectivity index (χ4v) is 4.62. The number of amides is 1. The molecule has 150 valence electrons. The molecule has 2 aliphatic rings. The molecule has 1 unspecified atom stereocenters. The van der Waals surface area contributed by atoms with E-state index in [-0.39, 0.29) is 5.41 Å². The number of carbonyl (C=O) groups is 1. The number of imidazole rings is 1. The minimum absolute atomic E-state index is 0.226. The minimum atomic E-state index is -0.226. The quantitative estimate of drug-likeness (QED) is 0.722. The Labute approximate surface area is 171 Å². The van der Waals surface area contributed by atoms with Crippen molar-refractivity contribution < 1.29 is 4.79 Å². The molecule has 0 radical (unpaired) electrons. The highest BCUT2D eigenvalue weighted by atomic mass is 16.2. The lowest BCUT2D eigenvalue weighted by molar-refractivity contribution is -0.138. The first kappa shape index (κ1) is 18.2. The Hall–Kier alpha value is -2.89. The maximum Gasteiger partial charge on any atom is 0.230 e. The first-order valence-electron chi connectivity index (χ1n) is 10.5. The van der Waals surface area contributed by atoms with Gasteiger partial charge in [0.05, 0.1) is 17.9 Å². The van der Waals surface area contributed by atoms with E-state index < -0.39 is 0 Å². The van der Waals surface area contributed by atoms with Crippen LogP contribution in [0.4, 0.5) is 0 Å². The van der Waals surface area contributed by atoms with Crippen LogP contribution >= 0.6 is 0 Å². The highest BCUT2D eigenvalue weighted by Gasteiger charge is 2.52. The number of hydrogen-bond acceptors (Lipinski definition) is 3. The summed E-state index contributed by atoms with van der Waals surface area (Å²) in [7, 11) is 0. The maximum atomic E-state index is 13.4. The Bertz CT molecular complexity index is 985. The number of hydrogen-bond donors (Lipinski definition) is 1. The maximum absolute atomic E-state index is 13.4. The molecular formula is C23H27N5O. The Morgan fingerprint density at radius 2 is 2.10 bits per heavy atom. The van der Waals surface area contributed by atoms with Crippen LogP contribution in [0.3, 0.4) is 0 Å². The van der Waals surface area contributed by atoms with Crippen LogP contribution in [0.5, 0.6) is 0 Å². The molecule has 1 aromatic carbocycles. The molecule has 1 saturated heterocycles. The fraction of sp³-hybridized carbons (Fsp3) is 0.435. The molecule has 1 N–H and O–H groups in total. The van der Waals surface area contributed by atoms with E-state index in [1.54, 1.807) is 6.20 Å². The van der Waals surface area contributed by atoms with Gasteiger partial charge in [-0.05, 0) is 38.2 Å². The molecule has 3 aromatic rings. The van der Waals surface area contributed by atoms with Gasteiger partial charge in [-0.2, -0.15) is 5.10 Å². The lowest BCUT2D eigenvalue weighted by Crippen LogP contribution is -2.44. The van der Waals surface area contributed by atoms with E-state index in [4.69, 9.17) is 0 Å². The summed E-state index contributed by atoms with van der Waals surface area (Å²) in [4.78, 5) is 19.6. The van der Waals surface area contributed by atoms with Gasteiger partial charge in [-0.25, -0.2) is 4.98 Å². The van der Waals surface area contributed by atoms with Gasteiger partial charge in [0.1, 0.15) is 0 Å². The first-order chi connectivity index (χ1) is 14.1. The van der Waals surface area contributed by atoms with Crippen LogP contribution in [0.15, 0.2) is 49.2 Å². The van der Waals surface area contributed by atoms with Crippen molar-refractivity contribution in [3.63, 3.8) is 0 Å². The highest BCUT2D eigenvalue weighted by Crippen LogP contribution is 2.49. The molecule has 1 amide bonds. The number of nitrogens with zero attached hydrogens (tertiary/aromatic N) is 4. The molecule has 6 heteroatoms. The largest absolute Gasteiger partial charge is 0.341 e. The molecule has 29 heavy (non-hydrogen) atoms. The Morgan fingerprint density at radius 3 is 2.83 bits per heavy atom. The second-order valence-corrected chi connectivity index (χ2v) is 8.67. The van der Waals surface area contributed by atoms with Gasteiger partial charge in [0, 0.05) is 49.2 Å². The van der Waals surface area contributed by atoms with Crippen molar-refractivity contribution in [3.8, 4) is 11.1 Å². The van der Waals surface area contributed by atoms with Gasteiger partial charge < -0.3 is 9.47 Å². The number of likely N-dealkylation sites (tertiary alicyclic amines) is 1. The summed E-state index contributed by atoms with van der Waals surface area (Å²) in [6.45, 7) is 4.47. The summed E-state index contributed by atoms with van der Waals surface area (Å²) < 4.78 is 2.04. The van der Waals surface area contributed by atoms with Crippen molar-refractivity contribution in [1.29, 1.82) is 0 Å². The van der Waals surface area contributed by atoms with Crippen molar-refractivity contribution in [2.24, 2.45) is 5.41 Å². The number of nitrogens with one attached hydrogen (secondary N) is 1. The van der Waals surface area contributed by atoms with Gasteiger partial charge in [-0.3, -0.25) is 9.89 Å². The molecule has 1 atom stereocenters. The number of piperidine rings is 1. The van der Waals surface area contributed by atoms with Crippen LogP contribution in [0.25, 0.3) is 11.1 Å². The van der Waals surface area contributed by atoms with Crippen molar-refractivity contribution in [2.75, 3.05) is 13.1 Å². The van der Waals surface area contributed by atoms with Crippen molar-refractivity contribution in [1.82, 2.24) is 24.6 Å². The van der Waals surface area contributed by atoms with Gasteiger partial charge in [-0.15, -0.1) is 0 Å². The Kier molecular flexibility index (Phi) is 4.49. The van der Waals surface area contributed by atoms with Crippen LogP contribution in [0, 0.1) is 12.3 Å². The second kappa shape index (κ2) is 7.17. The smallest absolute Gasteiger partial charge is 0.230 e. The van der Waals surface area contributed by atoms with Gasteiger partial charge in [-0.1, -0.05) is 29.8 Å². The van der Waals surface area contributed by atoms with E-state index in [9.17, 15) is 4.79 Å². The average molecular weight is 390 g/mol. The number of carbonyl (C=O) groups excluding carboxylic acids is 1. The van der Waals surface area contributed by atoms with Crippen LogP contribution in [0.2, 0.25) is 0 Å². The van der Waals surface area contributed by atoms with Crippen molar-refractivity contribution in [2.45, 2.75) is 45.1 Å². The molecule has 1 aliphatic carbocycles. The summed E-state index contributed by atoms with van der Waals surface area (Å²) in [5.41, 5.74) is 4.52. The zero-order valence-corrected chi connectivity index (χ0v) is 16.8. The second-order valence-electron chi connectivity index (χ2n) is 8.67. The highest BCUT2D eigenvalue weighted by molar-refractivity contribution is 5.85. The van der Waals surface area contributed by atoms with E-state index in [1.165, 1.54) is 11.1 Å². The zero-order valence-electron chi connectivity index (χ0n) is 16.8. The summed E-state index contributed by atoms with van der Waals surface area (Å²) in [6, 6.07) is 8.57. The first-order valence-corrected chi connectivity index (χ1v) is 10.5. The SMILES string of the molecule is Cc1ccc(-c2cn[nH]c2C2CCCN(C(=O)C3(Cn4ccnc4)CC3)C2)cc1. The van der Waals surface area contributed by atoms with Crippen LogP contribution in [-0.2, 0) is 11.3 Å². The van der Waals surface area contributed by atoms with Crippen LogP contribution < -0.4 is 0 Å². The molecule has 6 nitrogen and oxygen atoms in total. The third kappa shape index (κ3) is 3.48. The van der Waals surface area contributed by atoms with Crippen LogP contribution in [0.1, 0.15) is 42.9 Å². The van der Waals surface area contributed by atoms with E-state index >= 15 is 0 Å². The summed E-state index contributed by atoms with van der Waals surface area (Å²) in [5.74, 6) is 0.614. The van der Waals surface area contributed by atoms with Gasteiger partial charge >= 0.3 is 0 Å². The monoisotopic (exact) mass is 389 g/mol. The van der Waals surface area contributed by atoms with E-state index in [0.29, 0.717) is 11.8 Å². The molecule has 2 aromatic heterocycles. The molecule has 3 heterocycles. The van der Waals surface area contributed by atoms with Crippen LogP contribution in [-0.4, -0.2) is 43.6 Å². The van der Waals surface area contributed by atoms with E-state index in [0.717, 1.165) is 56.6 Å². The normalized spacial score (nSPS) is 20.6. The number of rotatable bonds is 5. The number of benzene rings is 1. The number of aromatic amines is 1. The standard InChI is InChI=1S/C23H27N5O/c1-17-4-6-18(7-5-17)20-13-25-26-21(20)19-3-2-11-28(14-19)22(29)23(8-9-23)15-27-12-10-24-16-27/h4-7,10,12-13,16,19H,2-3,8-9,11,14-15H2,1H3,(H,25,26). The number of aromatic nitrogens is 4. The Morgan fingerprint density at radius 1 is 1.28 bits per heavy atom. The Balaban J connectivity index is 1.33. The predicted octanol–water partition coefficient (Wildman–Crippen LogP) is 3.77.